The fraction of sp³-hybridized carbons (Fsp3) is 0.391. The molecule has 2 amide bonds. The minimum atomic E-state index is -0.292. The standard InChI is InChI=1S/C23H28N2O4/c1-4-25-21(26)13-12-19(22(25)16-8-6-5-7-9-16)23(27)24-15-17-10-11-18(28-2)14-20(17)29-3/h5-11,14,19,22H,4,12-13,15H2,1-3H3,(H,24,27)/t19-,22+/m1/s1. The average Bonchev–Trinajstić information content (AvgIpc) is 2.77. The fourth-order valence-corrected chi connectivity index (χ4v) is 3.97. The highest BCUT2D eigenvalue weighted by atomic mass is 16.5. The highest BCUT2D eigenvalue weighted by Gasteiger charge is 2.39. The quantitative estimate of drug-likeness (QED) is 0.780. The van der Waals surface area contributed by atoms with E-state index >= 15 is 0 Å². The Morgan fingerprint density at radius 3 is 2.55 bits per heavy atom. The van der Waals surface area contributed by atoms with Gasteiger partial charge >= 0.3 is 0 Å². The van der Waals surface area contributed by atoms with Crippen molar-refractivity contribution in [2.24, 2.45) is 5.92 Å². The van der Waals surface area contributed by atoms with Crippen LogP contribution in [0.25, 0.3) is 0 Å². The molecule has 1 fully saturated rings. The van der Waals surface area contributed by atoms with Crippen molar-refractivity contribution in [3.8, 4) is 11.5 Å². The molecule has 0 saturated carbocycles. The number of carbonyl (C=O) groups excluding carboxylic acids is 2. The van der Waals surface area contributed by atoms with Gasteiger partial charge in [0.25, 0.3) is 0 Å². The fourth-order valence-electron chi connectivity index (χ4n) is 3.97. The maximum Gasteiger partial charge on any atom is 0.225 e. The highest BCUT2D eigenvalue weighted by Crippen LogP contribution is 2.36. The van der Waals surface area contributed by atoms with Crippen LogP contribution in [-0.4, -0.2) is 37.5 Å². The van der Waals surface area contributed by atoms with Gasteiger partial charge in [-0.15, -0.1) is 0 Å². The van der Waals surface area contributed by atoms with Crippen molar-refractivity contribution in [3.63, 3.8) is 0 Å². The van der Waals surface area contributed by atoms with Crippen LogP contribution in [0.2, 0.25) is 0 Å². The number of amides is 2. The molecule has 2 atom stereocenters. The van der Waals surface area contributed by atoms with Crippen molar-refractivity contribution in [1.29, 1.82) is 0 Å². The monoisotopic (exact) mass is 396 g/mol. The number of benzene rings is 2. The average molecular weight is 396 g/mol. The molecule has 1 saturated heterocycles. The summed E-state index contributed by atoms with van der Waals surface area (Å²) in [5, 5.41) is 3.04. The Hall–Kier alpha value is -3.02. The number of hydrogen-bond acceptors (Lipinski definition) is 4. The molecule has 2 aromatic carbocycles. The van der Waals surface area contributed by atoms with Gasteiger partial charge in [0.15, 0.2) is 0 Å². The van der Waals surface area contributed by atoms with Crippen molar-refractivity contribution in [3.05, 3.63) is 59.7 Å². The first-order chi connectivity index (χ1) is 14.1. The van der Waals surface area contributed by atoms with Crippen LogP contribution in [0.4, 0.5) is 0 Å². The van der Waals surface area contributed by atoms with Crippen LogP contribution < -0.4 is 14.8 Å². The molecule has 1 aliphatic heterocycles. The lowest BCUT2D eigenvalue weighted by molar-refractivity contribution is -0.143. The van der Waals surface area contributed by atoms with Gasteiger partial charge in [0.1, 0.15) is 11.5 Å². The van der Waals surface area contributed by atoms with E-state index in [9.17, 15) is 9.59 Å². The molecule has 0 bridgehead atoms. The number of nitrogens with one attached hydrogen (secondary N) is 1. The summed E-state index contributed by atoms with van der Waals surface area (Å²) >= 11 is 0. The Morgan fingerprint density at radius 1 is 1.14 bits per heavy atom. The molecule has 0 unspecified atom stereocenters. The minimum Gasteiger partial charge on any atom is -0.497 e. The maximum atomic E-state index is 13.1. The van der Waals surface area contributed by atoms with E-state index in [0.717, 1.165) is 11.1 Å². The van der Waals surface area contributed by atoms with Crippen molar-refractivity contribution in [2.45, 2.75) is 32.4 Å². The van der Waals surface area contributed by atoms with Gasteiger partial charge in [-0.25, -0.2) is 0 Å². The molecule has 29 heavy (non-hydrogen) atoms. The Balaban J connectivity index is 1.79. The Labute approximate surface area is 171 Å². The Bertz CT molecular complexity index is 853. The summed E-state index contributed by atoms with van der Waals surface area (Å²) in [6.07, 6.45) is 0.932. The third-order valence-electron chi connectivity index (χ3n) is 5.47. The SMILES string of the molecule is CCN1C(=O)CC[C@@H](C(=O)NCc2ccc(OC)cc2OC)[C@@H]1c1ccccc1. The molecular formula is C23H28N2O4. The molecule has 6 nitrogen and oxygen atoms in total. The summed E-state index contributed by atoms with van der Waals surface area (Å²) in [6.45, 7) is 2.88. The van der Waals surface area contributed by atoms with E-state index in [1.54, 1.807) is 20.3 Å². The number of nitrogens with zero attached hydrogens (tertiary/aromatic N) is 1. The lowest BCUT2D eigenvalue weighted by atomic mass is 9.83. The second kappa shape index (κ2) is 9.45. The molecule has 1 aliphatic rings. The van der Waals surface area contributed by atoms with E-state index in [-0.39, 0.29) is 23.8 Å². The number of likely N-dealkylation sites (tertiary alicyclic amines) is 1. The molecule has 3 rings (SSSR count). The summed E-state index contributed by atoms with van der Waals surface area (Å²) in [5.74, 6) is 1.12. The molecule has 0 spiro atoms. The summed E-state index contributed by atoms with van der Waals surface area (Å²) in [5.41, 5.74) is 1.86. The molecule has 0 radical (unpaired) electrons. The molecule has 6 heteroatoms. The number of carbonyl (C=O) groups is 2. The third kappa shape index (κ3) is 4.53. The van der Waals surface area contributed by atoms with Crippen LogP contribution in [-0.2, 0) is 16.1 Å². The van der Waals surface area contributed by atoms with Gasteiger partial charge in [0.05, 0.1) is 26.2 Å². The van der Waals surface area contributed by atoms with E-state index in [2.05, 4.69) is 5.32 Å². The van der Waals surface area contributed by atoms with Gasteiger partial charge in [-0.1, -0.05) is 30.3 Å². The normalized spacial score (nSPS) is 19.0. The van der Waals surface area contributed by atoms with Crippen LogP contribution >= 0.6 is 0 Å². The second-order valence-electron chi connectivity index (χ2n) is 7.08. The second-order valence-corrected chi connectivity index (χ2v) is 7.08. The largest absolute Gasteiger partial charge is 0.497 e. The summed E-state index contributed by atoms with van der Waals surface area (Å²) in [4.78, 5) is 27.4. The zero-order valence-corrected chi connectivity index (χ0v) is 17.2. The van der Waals surface area contributed by atoms with E-state index in [4.69, 9.17) is 9.47 Å². The van der Waals surface area contributed by atoms with E-state index in [1.165, 1.54) is 0 Å². The minimum absolute atomic E-state index is 0.0531. The van der Waals surface area contributed by atoms with Crippen molar-refractivity contribution < 1.29 is 19.1 Å². The van der Waals surface area contributed by atoms with Gasteiger partial charge in [0.2, 0.25) is 11.8 Å². The van der Waals surface area contributed by atoms with Gasteiger partial charge in [-0.2, -0.15) is 0 Å². The Morgan fingerprint density at radius 2 is 1.90 bits per heavy atom. The van der Waals surface area contributed by atoms with Crippen molar-refractivity contribution in [2.75, 3.05) is 20.8 Å². The molecule has 1 N–H and O–H groups in total. The first-order valence-electron chi connectivity index (χ1n) is 9.92. The van der Waals surface area contributed by atoms with E-state index < -0.39 is 0 Å². The van der Waals surface area contributed by atoms with Crippen LogP contribution in [0.15, 0.2) is 48.5 Å². The topological polar surface area (TPSA) is 67.9 Å². The van der Waals surface area contributed by atoms with Crippen molar-refractivity contribution in [1.82, 2.24) is 10.2 Å². The Kier molecular flexibility index (Phi) is 6.75. The number of piperidine rings is 1. The lowest BCUT2D eigenvalue weighted by Gasteiger charge is -2.40. The highest BCUT2D eigenvalue weighted by molar-refractivity contribution is 5.85. The zero-order chi connectivity index (χ0) is 20.8. The maximum absolute atomic E-state index is 13.1. The summed E-state index contributed by atoms with van der Waals surface area (Å²) in [7, 11) is 3.20. The van der Waals surface area contributed by atoms with Crippen molar-refractivity contribution >= 4 is 11.8 Å². The first-order valence-corrected chi connectivity index (χ1v) is 9.92. The van der Waals surface area contributed by atoms with Gasteiger partial charge in [0, 0.05) is 31.1 Å². The molecule has 154 valence electrons. The number of rotatable bonds is 7. The number of ether oxygens (including phenoxy) is 2. The lowest BCUT2D eigenvalue weighted by Crippen LogP contribution is -2.47. The predicted octanol–water partition coefficient (Wildman–Crippen LogP) is 3.32. The first kappa shape index (κ1) is 20.7. The van der Waals surface area contributed by atoms with Crippen LogP contribution in [0.5, 0.6) is 11.5 Å². The molecule has 0 aliphatic carbocycles. The van der Waals surface area contributed by atoms with Crippen LogP contribution in [0.1, 0.15) is 36.9 Å². The van der Waals surface area contributed by atoms with Gasteiger partial charge in [-0.3, -0.25) is 9.59 Å². The summed E-state index contributed by atoms with van der Waals surface area (Å²) < 4.78 is 10.6. The molecule has 2 aromatic rings. The van der Waals surface area contributed by atoms with E-state index in [1.807, 2.05) is 54.3 Å². The van der Waals surface area contributed by atoms with Crippen LogP contribution in [0.3, 0.4) is 0 Å². The molecule has 0 aromatic heterocycles. The van der Waals surface area contributed by atoms with Gasteiger partial charge in [-0.05, 0) is 31.0 Å². The number of methoxy groups -OCH3 is 2. The zero-order valence-electron chi connectivity index (χ0n) is 17.2. The number of hydrogen-bond donors (Lipinski definition) is 1. The van der Waals surface area contributed by atoms with E-state index in [0.29, 0.717) is 37.4 Å². The molecule has 1 heterocycles. The summed E-state index contributed by atoms with van der Waals surface area (Å²) in [6, 6.07) is 15.1. The smallest absolute Gasteiger partial charge is 0.225 e. The molecular weight excluding hydrogens is 368 g/mol. The predicted molar refractivity (Wildman–Crippen MR) is 111 cm³/mol. The third-order valence-corrected chi connectivity index (χ3v) is 5.47. The van der Waals surface area contributed by atoms with Crippen LogP contribution in [0, 0.1) is 5.92 Å². The van der Waals surface area contributed by atoms with Gasteiger partial charge < -0.3 is 19.7 Å².